The smallest absolute Gasteiger partial charge is 0.0462 e. The van der Waals surface area contributed by atoms with Gasteiger partial charge in [0.1, 0.15) is 0 Å². The van der Waals surface area contributed by atoms with Crippen molar-refractivity contribution >= 4 is 15.9 Å². The van der Waals surface area contributed by atoms with Crippen LogP contribution in [0.2, 0.25) is 0 Å². The minimum Gasteiger partial charge on any atom is -0.385 e. The Bertz CT molecular complexity index is 337. The van der Waals surface area contributed by atoms with Gasteiger partial charge in [-0.2, -0.15) is 0 Å². The first-order valence-electron chi connectivity index (χ1n) is 7.08. The van der Waals surface area contributed by atoms with Gasteiger partial charge in [-0.05, 0) is 48.9 Å². The van der Waals surface area contributed by atoms with E-state index < -0.39 is 0 Å². The first kappa shape index (κ1) is 16.7. The molecule has 0 saturated carbocycles. The Morgan fingerprint density at radius 2 is 1.84 bits per heavy atom. The van der Waals surface area contributed by atoms with Crippen molar-refractivity contribution in [2.24, 2.45) is 5.92 Å². The topological polar surface area (TPSA) is 21.3 Å². The fourth-order valence-electron chi connectivity index (χ4n) is 2.14. The van der Waals surface area contributed by atoms with Crippen LogP contribution in [0.5, 0.6) is 0 Å². The van der Waals surface area contributed by atoms with Crippen LogP contribution in [0.4, 0.5) is 0 Å². The lowest BCUT2D eigenvalue weighted by atomic mass is 9.94. The van der Waals surface area contributed by atoms with Gasteiger partial charge in [-0.25, -0.2) is 0 Å². The molecular weight excluding hydrogens is 302 g/mol. The summed E-state index contributed by atoms with van der Waals surface area (Å²) in [5.41, 5.74) is 1.41. The van der Waals surface area contributed by atoms with Crippen molar-refractivity contribution in [2.75, 3.05) is 26.8 Å². The van der Waals surface area contributed by atoms with E-state index in [1.54, 1.807) is 7.11 Å². The number of hydrogen-bond acceptors (Lipinski definition) is 2. The monoisotopic (exact) mass is 327 g/mol. The molecule has 3 heteroatoms. The van der Waals surface area contributed by atoms with Gasteiger partial charge in [0.05, 0.1) is 0 Å². The van der Waals surface area contributed by atoms with E-state index in [4.69, 9.17) is 4.74 Å². The molecule has 0 bridgehead atoms. The molecule has 0 aliphatic heterocycles. The Labute approximate surface area is 126 Å². The van der Waals surface area contributed by atoms with E-state index >= 15 is 0 Å². The van der Waals surface area contributed by atoms with E-state index in [-0.39, 0.29) is 0 Å². The highest BCUT2D eigenvalue weighted by Gasteiger charge is 2.11. The lowest BCUT2D eigenvalue weighted by molar-refractivity contribution is 0.190. The molecule has 108 valence electrons. The van der Waals surface area contributed by atoms with E-state index in [0.717, 1.165) is 30.6 Å². The van der Waals surface area contributed by atoms with Crippen molar-refractivity contribution < 1.29 is 4.74 Å². The molecule has 2 nitrogen and oxygen atoms in total. The van der Waals surface area contributed by atoms with E-state index in [0.29, 0.717) is 11.8 Å². The normalized spacial score (nSPS) is 12.9. The van der Waals surface area contributed by atoms with Gasteiger partial charge in [0, 0.05) is 24.7 Å². The van der Waals surface area contributed by atoms with Crippen LogP contribution in [-0.2, 0) is 4.74 Å². The summed E-state index contributed by atoms with van der Waals surface area (Å²) in [6.07, 6.45) is 2.28. The number of methoxy groups -OCH3 is 1. The van der Waals surface area contributed by atoms with Gasteiger partial charge in [0.2, 0.25) is 0 Å². The average Bonchev–Trinajstić information content (AvgIpc) is 2.38. The van der Waals surface area contributed by atoms with Crippen molar-refractivity contribution in [1.29, 1.82) is 0 Å². The average molecular weight is 328 g/mol. The maximum Gasteiger partial charge on any atom is 0.0462 e. The Morgan fingerprint density at radius 3 is 2.42 bits per heavy atom. The summed E-state index contributed by atoms with van der Waals surface area (Å²) in [5, 5.41) is 3.57. The number of hydrogen-bond donors (Lipinski definition) is 1. The number of nitrogens with one attached hydrogen (secondary N) is 1. The second-order valence-corrected chi connectivity index (χ2v) is 6.35. The molecule has 1 unspecified atom stereocenters. The molecule has 0 saturated heterocycles. The van der Waals surface area contributed by atoms with E-state index in [1.165, 1.54) is 12.0 Å². The molecular formula is C16H26BrNO. The van der Waals surface area contributed by atoms with E-state index in [9.17, 15) is 0 Å². The third-order valence-electron chi connectivity index (χ3n) is 3.19. The molecule has 1 N–H and O–H groups in total. The summed E-state index contributed by atoms with van der Waals surface area (Å²) in [6.45, 7) is 7.46. The summed E-state index contributed by atoms with van der Waals surface area (Å²) in [7, 11) is 1.77. The van der Waals surface area contributed by atoms with Gasteiger partial charge in [-0.3, -0.25) is 0 Å². The van der Waals surface area contributed by atoms with Gasteiger partial charge < -0.3 is 10.1 Å². The maximum atomic E-state index is 5.16. The Kier molecular flexibility index (Phi) is 8.35. The summed E-state index contributed by atoms with van der Waals surface area (Å²) in [4.78, 5) is 0. The molecule has 0 spiro atoms. The zero-order valence-electron chi connectivity index (χ0n) is 12.3. The largest absolute Gasteiger partial charge is 0.385 e. The first-order valence-corrected chi connectivity index (χ1v) is 7.88. The molecule has 0 aliphatic rings. The number of benzene rings is 1. The lowest BCUT2D eigenvalue weighted by Crippen LogP contribution is -2.25. The quantitative estimate of drug-likeness (QED) is 0.686. The third kappa shape index (κ3) is 7.09. The van der Waals surface area contributed by atoms with Crippen molar-refractivity contribution in [3.05, 3.63) is 34.3 Å². The predicted molar refractivity (Wildman–Crippen MR) is 85.7 cm³/mol. The number of halogens is 1. The van der Waals surface area contributed by atoms with Gasteiger partial charge in [0.25, 0.3) is 0 Å². The Hall–Kier alpha value is -0.380. The SMILES string of the molecule is COCCCC(CNCC(C)C)c1ccc(Br)cc1. The molecule has 19 heavy (non-hydrogen) atoms. The van der Waals surface area contributed by atoms with Crippen molar-refractivity contribution in [2.45, 2.75) is 32.6 Å². The summed E-state index contributed by atoms with van der Waals surface area (Å²) in [5.74, 6) is 1.27. The summed E-state index contributed by atoms with van der Waals surface area (Å²) >= 11 is 3.49. The van der Waals surface area contributed by atoms with Crippen LogP contribution in [0.1, 0.15) is 38.2 Å². The molecule has 0 heterocycles. The standard InChI is InChI=1S/C16H26BrNO/c1-13(2)11-18-12-15(5-4-10-19-3)14-6-8-16(17)9-7-14/h6-9,13,15,18H,4-5,10-12H2,1-3H3. The van der Waals surface area contributed by atoms with Gasteiger partial charge in [0.15, 0.2) is 0 Å². The van der Waals surface area contributed by atoms with Crippen LogP contribution in [0.15, 0.2) is 28.7 Å². The predicted octanol–water partition coefficient (Wildman–Crippen LogP) is 4.20. The molecule has 0 radical (unpaired) electrons. The number of ether oxygens (including phenoxy) is 1. The second kappa shape index (κ2) is 9.51. The molecule has 1 atom stereocenters. The fraction of sp³-hybridized carbons (Fsp3) is 0.625. The van der Waals surface area contributed by atoms with Crippen LogP contribution >= 0.6 is 15.9 Å². The molecule has 0 aliphatic carbocycles. The highest BCUT2D eigenvalue weighted by Crippen LogP contribution is 2.22. The highest BCUT2D eigenvalue weighted by molar-refractivity contribution is 9.10. The molecule has 0 fully saturated rings. The molecule has 1 rings (SSSR count). The Morgan fingerprint density at radius 1 is 1.16 bits per heavy atom. The van der Waals surface area contributed by atoms with Crippen molar-refractivity contribution in [3.8, 4) is 0 Å². The second-order valence-electron chi connectivity index (χ2n) is 5.44. The first-order chi connectivity index (χ1) is 9.13. The third-order valence-corrected chi connectivity index (χ3v) is 3.71. The van der Waals surface area contributed by atoms with Crippen LogP contribution in [0.3, 0.4) is 0 Å². The zero-order valence-corrected chi connectivity index (χ0v) is 13.9. The molecule has 0 amide bonds. The minimum atomic E-state index is 0.571. The highest BCUT2D eigenvalue weighted by atomic mass is 79.9. The fourth-order valence-corrected chi connectivity index (χ4v) is 2.41. The molecule has 0 aromatic heterocycles. The number of rotatable bonds is 9. The van der Waals surface area contributed by atoms with E-state index in [1.807, 2.05) is 0 Å². The Balaban J connectivity index is 2.54. The van der Waals surface area contributed by atoms with Gasteiger partial charge in [-0.1, -0.05) is 41.9 Å². The minimum absolute atomic E-state index is 0.571. The van der Waals surface area contributed by atoms with Crippen LogP contribution in [-0.4, -0.2) is 26.8 Å². The molecule has 1 aromatic carbocycles. The van der Waals surface area contributed by atoms with Crippen LogP contribution in [0.25, 0.3) is 0 Å². The molecule has 1 aromatic rings. The van der Waals surface area contributed by atoms with Crippen LogP contribution < -0.4 is 5.32 Å². The lowest BCUT2D eigenvalue weighted by Gasteiger charge is -2.19. The van der Waals surface area contributed by atoms with Gasteiger partial charge >= 0.3 is 0 Å². The maximum absolute atomic E-state index is 5.16. The summed E-state index contributed by atoms with van der Waals surface area (Å²) in [6, 6.07) is 8.69. The van der Waals surface area contributed by atoms with Crippen LogP contribution in [0, 0.1) is 5.92 Å². The van der Waals surface area contributed by atoms with Gasteiger partial charge in [-0.15, -0.1) is 0 Å². The summed E-state index contributed by atoms with van der Waals surface area (Å²) < 4.78 is 6.30. The van der Waals surface area contributed by atoms with Crippen molar-refractivity contribution in [3.63, 3.8) is 0 Å². The van der Waals surface area contributed by atoms with Crippen molar-refractivity contribution in [1.82, 2.24) is 5.32 Å². The van der Waals surface area contributed by atoms with E-state index in [2.05, 4.69) is 59.4 Å². The zero-order chi connectivity index (χ0) is 14.1.